The van der Waals surface area contributed by atoms with Gasteiger partial charge in [-0.3, -0.25) is 14.9 Å². The highest BCUT2D eigenvalue weighted by Crippen LogP contribution is 2.30. The molecule has 3 amide bonds. The van der Waals surface area contributed by atoms with Gasteiger partial charge in [-0.2, -0.15) is 4.68 Å². The topological polar surface area (TPSA) is 169 Å². The normalized spacial score (nSPS) is 13.5. The number of nitrogens with zero attached hydrogens (tertiary/aromatic N) is 5. The molecule has 42 heavy (non-hydrogen) atoms. The van der Waals surface area contributed by atoms with Crippen molar-refractivity contribution in [2.45, 2.75) is 31.3 Å². The summed E-state index contributed by atoms with van der Waals surface area (Å²) in [7, 11) is 1.27. The molecule has 1 fully saturated rings. The number of hydrogen-bond donors (Lipinski definition) is 4. The average Bonchev–Trinajstić information content (AvgIpc) is 3.44. The van der Waals surface area contributed by atoms with E-state index in [1.165, 1.54) is 24.2 Å². The van der Waals surface area contributed by atoms with E-state index in [2.05, 4.69) is 46.2 Å². The Morgan fingerprint density at radius 3 is 2.64 bits per heavy atom. The summed E-state index contributed by atoms with van der Waals surface area (Å²) < 4.78 is 6.05. The lowest BCUT2D eigenvalue weighted by Crippen LogP contribution is -2.34. The molecule has 0 radical (unpaired) electrons. The lowest BCUT2D eigenvalue weighted by atomic mass is 10.1. The Morgan fingerprint density at radius 2 is 1.95 bits per heavy atom. The minimum Gasteiger partial charge on any atom is -0.453 e. The molecule has 2 heterocycles. The van der Waals surface area contributed by atoms with Gasteiger partial charge in [0.05, 0.1) is 25.3 Å². The molecule has 0 spiro atoms. The van der Waals surface area contributed by atoms with Crippen LogP contribution >= 0.6 is 23.2 Å². The largest absolute Gasteiger partial charge is 0.453 e. The summed E-state index contributed by atoms with van der Waals surface area (Å²) in [5.41, 5.74) is 2.81. The minimum absolute atomic E-state index is 0.0611. The van der Waals surface area contributed by atoms with Gasteiger partial charge in [-0.15, -0.1) is 5.10 Å². The molecule has 0 saturated heterocycles. The Balaban J connectivity index is 1.36. The minimum atomic E-state index is -0.814. The van der Waals surface area contributed by atoms with Crippen LogP contribution in [0, 0.1) is 0 Å². The van der Waals surface area contributed by atoms with Crippen LogP contribution in [0.15, 0.2) is 54.9 Å². The first-order valence-corrected chi connectivity index (χ1v) is 13.6. The summed E-state index contributed by atoms with van der Waals surface area (Å²) in [6, 6.07) is 11.2. The number of aromatic nitrogens is 6. The van der Waals surface area contributed by atoms with Gasteiger partial charge in [0, 0.05) is 34.0 Å². The number of rotatable bonds is 10. The number of aromatic amines is 1. The van der Waals surface area contributed by atoms with E-state index in [0.717, 1.165) is 12.8 Å². The maximum absolute atomic E-state index is 13.1. The summed E-state index contributed by atoms with van der Waals surface area (Å²) >= 11 is 12.7. The number of ether oxygens (including phenoxy) is 1. The molecule has 4 aromatic rings. The van der Waals surface area contributed by atoms with Gasteiger partial charge in [-0.1, -0.05) is 35.3 Å². The quantitative estimate of drug-likeness (QED) is 0.195. The molecule has 1 aliphatic rings. The number of methoxy groups -OCH3 is 1. The van der Waals surface area contributed by atoms with Crippen LogP contribution in [0.5, 0.6) is 0 Å². The van der Waals surface area contributed by atoms with Crippen molar-refractivity contribution in [2.24, 2.45) is 0 Å². The van der Waals surface area contributed by atoms with Gasteiger partial charge < -0.3 is 20.4 Å². The Labute approximate surface area is 249 Å². The molecule has 0 aliphatic heterocycles. The van der Waals surface area contributed by atoms with E-state index in [0.29, 0.717) is 39.0 Å². The Hall–Kier alpha value is -4.75. The number of tetrazole rings is 1. The second kappa shape index (κ2) is 12.8. The highest BCUT2D eigenvalue weighted by atomic mass is 35.5. The number of nitrogens with one attached hydrogen (secondary N) is 4. The first-order chi connectivity index (χ1) is 20.3. The van der Waals surface area contributed by atoms with Crippen molar-refractivity contribution in [3.05, 3.63) is 76.4 Å². The number of carbonyl (C=O) groups excluding carboxylic acids is 3. The third-order valence-electron chi connectivity index (χ3n) is 6.25. The molecule has 5 rings (SSSR count). The monoisotopic (exact) mass is 609 g/mol. The average molecular weight is 610 g/mol. The number of hydrogen-bond acceptors (Lipinski definition) is 8. The van der Waals surface area contributed by atoms with Gasteiger partial charge in [0.25, 0.3) is 0 Å². The fourth-order valence-corrected chi connectivity index (χ4v) is 4.47. The number of carbonyl (C=O) groups is 3. The SMILES string of the molecule is COC(=O)Nc1ccc(-c2nc([C@H](CC(=O)NC3CC3)NC(=O)/C=C/c3cc(Cl)ccc3-n3cnnn3)[nH]c2Cl)cc1. The fourth-order valence-electron chi connectivity index (χ4n) is 4.05. The molecule has 1 saturated carbocycles. The van der Waals surface area contributed by atoms with E-state index in [9.17, 15) is 14.4 Å². The summed E-state index contributed by atoms with van der Waals surface area (Å²) in [5, 5.41) is 20.2. The molecular formula is C27H25Cl2N9O4. The van der Waals surface area contributed by atoms with Crippen molar-refractivity contribution in [2.75, 3.05) is 12.4 Å². The summed E-state index contributed by atoms with van der Waals surface area (Å²) in [6.07, 6.45) is 5.51. The zero-order valence-corrected chi connectivity index (χ0v) is 23.7. The molecular weight excluding hydrogens is 585 g/mol. The van der Waals surface area contributed by atoms with Gasteiger partial charge in [0.15, 0.2) is 0 Å². The number of amides is 3. The molecule has 2 aromatic carbocycles. The van der Waals surface area contributed by atoms with Crippen LogP contribution in [0.2, 0.25) is 10.2 Å². The third-order valence-corrected chi connectivity index (χ3v) is 6.75. The lowest BCUT2D eigenvalue weighted by molar-refractivity contribution is -0.122. The molecule has 216 valence electrons. The van der Waals surface area contributed by atoms with Crippen LogP contribution in [0.3, 0.4) is 0 Å². The molecule has 13 nitrogen and oxygen atoms in total. The molecule has 0 unspecified atom stereocenters. The smallest absolute Gasteiger partial charge is 0.411 e. The molecule has 1 aliphatic carbocycles. The zero-order chi connectivity index (χ0) is 29.6. The molecule has 0 bridgehead atoms. The lowest BCUT2D eigenvalue weighted by Gasteiger charge is -2.15. The van der Waals surface area contributed by atoms with Gasteiger partial charge in [0.2, 0.25) is 11.8 Å². The van der Waals surface area contributed by atoms with Crippen LogP contribution in [-0.4, -0.2) is 61.2 Å². The number of anilines is 1. The number of benzene rings is 2. The molecule has 2 aromatic heterocycles. The van der Waals surface area contributed by atoms with E-state index >= 15 is 0 Å². The fraction of sp³-hybridized carbons (Fsp3) is 0.222. The van der Waals surface area contributed by atoms with Crippen LogP contribution in [0.1, 0.15) is 36.7 Å². The number of halogens is 2. The Morgan fingerprint density at radius 1 is 1.17 bits per heavy atom. The van der Waals surface area contributed by atoms with Gasteiger partial charge in [-0.25, -0.2) is 9.78 Å². The van der Waals surface area contributed by atoms with E-state index in [4.69, 9.17) is 23.2 Å². The van der Waals surface area contributed by atoms with Crippen LogP contribution < -0.4 is 16.0 Å². The highest BCUT2D eigenvalue weighted by molar-refractivity contribution is 6.32. The molecule has 1 atom stereocenters. The van der Waals surface area contributed by atoms with E-state index in [1.54, 1.807) is 48.5 Å². The summed E-state index contributed by atoms with van der Waals surface area (Å²) in [6.45, 7) is 0. The maximum atomic E-state index is 13.1. The molecule has 15 heteroatoms. The van der Waals surface area contributed by atoms with Gasteiger partial charge in [0.1, 0.15) is 23.0 Å². The Bertz CT molecular complexity index is 1620. The van der Waals surface area contributed by atoms with Crippen molar-refractivity contribution in [1.82, 2.24) is 40.8 Å². The van der Waals surface area contributed by atoms with Gasteiger partial charge in [-0.05, 0) is 59.7 Å². The molecule has 4 N–H and O–H groups in total. The van der Waals surface area contributed by atoms with Crippen LogP contribution in [0.25, 0.3) is 23.0 Å². The van der Waals surface area contributed by atoms with E-state index in [-0.39, 0.29) is 23.5 Å². The van der Waals surface area contributed by atoms with E-state index in [1.807, 2.05) is 0 Å². The van der Waals surface area contributed by atoms with E-state index < -0.39 is 18.0 Å². The summed E-state index contributed by atoms with van der Waals surface area (Å²) in [4.78, 5) is 44.9. The number of H-pyrrole nitrogens is 1. The predicted octanol–water partition coefficient (Wildman–Crippen LogP) is 4.08. The van der Waals surface area contributed by atoms with Crippen LogP contribution in [0.4, 0.5) is 10.5 Å². The Kier molecular flexibility index (Phi) is 8.79. The second-order valence-corrected chi connectivity index (χ2v) is 10.2. The van der Waals surface area contributed by atoms with Crippen molar-refractivity contribution in [1.29, 1.82) is 0 Å². The number of imidazole rings is 1. The second-order valence-electron chi connectivity index (χ2n) is 9.38. The van der Waals surface area contributed by atoms with Crippen molar-refractivity contribution >= 4 is 52.9 Å². The third kappa shape index (κ3) is 7.30. The maximum Gasteiger partial charge on any atom is 0.411 e. The van der Waals surface area contributed by atoms with Crippen molar-refractivity contribution < 1.29 is 19.1 Å². The first kappa shape index (κ1) is 28.8. The van der Waals surface area contributed by atoms with Crippen LogP contribution in [-0.2, 0) is 14.3 Å². The predicted molar refractivity (Wildman–Crippen MR) is 155 cm³/mol. The zero-order valence-electron chi connectivity index (χ0n) is 22.2. The van der Waals surface area contributed by atoms with Gasteiger partial charge >= 0.3 is 6.09 Å². The summed E-state index contributed by atoms with van der Waals surface area (Å²) in [5.74, 6) is -0.402. The standard InChI is InChI=1S/C27H25Cl2N9O4/c1-42-27(41)32-19-6-2-15(3-7-19)24-25(29)35-26(34-24)20(13-23(40)31-18-8-9-18)33-22(39)11-4-16-12-17(28)5-10-21(16)38-14-30-36-37-38/h2-7,10-12,14,18,20H,8-9,13H2,1H3,(H,31,40)(H,32,41)(H,33,39)(H,34,35)/b11-4+/t20-/m0/s1. The van der Waals surface area contributed by atoms with Crippen molar-refractivity contribution in [3.8, 4) is 16.9 Å². The van der Waals surface area contributed by atoms with Crippen molar-refractivity contribution in [3.63, 3.8) is 0 Å². The first-order valence-electron chi connectivity index (χ1n) is 12.8. The highest BCUT2D eigenvalue weighted by Gasteiger charge is 2.27.